The minimum Gasteiger partial charge on any atom is -0.359 e. The zero-order chi connectivity index (χ0) is 11.9. The molecule has 0 radical (unpaired) electrons. The molecule has 0 aromatic heterocycles. The van der Waals surface area contributed by atoms with Crippen molar-refractivity contribution in [2.24, 2.45) is 0 Å². The molecule has 5 nitrogen and oxygen atoms in total. The van der Waals surface area contributed by atoms with Crippen LogP contribution in [0.4, 0.5) is 0 Å². The van der Waals surface area contributed by atoms with Crippen LogP contribution in [0.2, 0.25) is 0 Å². The molecule has 2 amide bonds. The summed E-state index contributed by atoms with van der Waals surface area (Å²) in [5, 5.41) is 8.21. The van der Waals surface area contributed by atoms with Crippen molar-refractivity contribution >= 4 is 11.8 Å². The standard InChI is InChI=1S/C10H21N3O2/c1-10(2,3)13-7-9(15)12-6-5-8(14)11-4/h13H,5-7H2,1-4H3,(H,11,14)(H,12,15). The Morgan fingerprint density at radius 1 is 1.13 bits per heavy atom. The number of carbonyl (C=O) groups excluding carboxylic acids is 2. The summed E-state index contributed by atoms with van der Waals surface area (Å²) in [4.78, 5) is 22.1. The Morgan fingerprint density at radius 3 is 2.20 bits per heavy atom. The van der Waals surface area contributed by atoms with Gasteiger partial charge in [-0.05, 0) is 20.8 Å². The summed E-state index contributed by atoms with van der Waals surface area (Å²) in [5.41, 5.74) is -0.0713. The van der Waals surface area contributed by atoms with Crippen molar-refractivity contribution in [1.29, 1.82) is 0 Å². The predicted molar refractivity (Wildman–Crippen MR) is 59.4 cm³/mol. The van der Waals surface area contributed by atoms with Crippen molar-refractivity contribution in [3.8, 4) is 0 Å². The number of rotatable bonds is 5. The van der Waals surface area contributed by atoms with Crippen molar-refractivity contribution in [2.75, 3.05) is 20.1 Å². The second kappa shape index (κ2) is 6.40. The molecule has 0 fully saturated rings. The number of hydrogen-bond donors (Lipinski definition) is 3. The van der Waals surface area contributed by atoms with E-state index in [1.807, 2.05) is 20.8 Å². The highest BCUT2D eigenvalue weighted by Crippen LogP contribution is 1.96. The van der Waals surface area contributed by atoms with Crippen molar-refractivity contribution in [2.45, 2.75) is 32.7 Å². The van der Waals surface area contributed by atoms with Crippen LogP contribution in [0.5, 0.6) is 0 Å². The fourth-order valence-corrected chi connectivity index (χ4v) is 0.848. The maximum absolute atomic E-state index is 11.3. The maximum atomic E-state index is 11.3. The van der Waals surface area contributed by atoms with Gasteiger partial charge >= 0.3 is 0 Å². The molecule has 0 aromatic rings. The van der Waals surface area contributed by atoms with Crippen LogP contribution in [0.3, 0.4) is 0 Å². The molecule has 0 saturated heterocycles. The van der Waals surface area contributed by atoms with E-state index in [4.69, 9.17) is 0 Å². The summed E-state index contributed by atoms with van der Waals surface area (Å²) in [6.45, 7) is 6.63. The smallest absolute Gasteiger partial charge is 0.233 e. The summed E-state index contributed by atoms with van der Waals surface area (Å²) < 4.78 is 0. The molecule has 0 unspecified atom stereocenters. The first-order chi connectivity index (χ1) is 6.85. The molecule has 0 aliphatic heterocycles. The first-order valence-corrected chi connectivity index (χ1v) is 5.07. The zero-order valence-electron chi connectivity index (χ0n) is 9.94. The van der Waals surface area contributed by atoms with Crippen molar-refractivity contribution < 1.29 is 9.59 Å². The Kier molecular flexibility index (Phi) is 5.93. The molecule has 0 spiro atoms. The van der Waals surface area contributed by atoms with E-state index in [2.05, 4.69) is 16.0 Å². The lowest BCUT2D eigenvalue weighted by molar-refractivity contribution is -0.121. The minimum absolute atomic E-state index is 0.0703. The first-order valence-electron chi connectivity index (χ1n) is 5.07. The number of amides is 2. The van der Waals surface area contributed by atoms with E-state index in [1.165, 1.54) is 0 Å². The van der Waals surface area contributed by atoms with Gasteiger partial charge in [0, 0.05) is 25.6 Å². The van der Waals surface area contributed by atoms with Gasteiger partial charge in [-0.2, -0.15) is 0 Å². The third-order valence-electron chi connectivity index (χ3n) is 1.73. The third kappa shape index (κ3) is 9.21. The van der Waals surface area contributed by atoms with Gasteiger partial charge in [0.1, 0.15) is 0 Å². The molecule has 3 N–H and O–H groups in total. The van der Waals surface area contributed by atoms with Crippen LogP contribution in [0, 0.1) is 0 Å². The van der Waals surface area contributed by atoms with Crippen molar-refractivity contribution in [1.82, 2.24) is 16.0 Å². The van der Waals surface area contributed by atoms with E-state index < -0.39 is 0 Å². The van der Waals surface area contributed by atoms with Crippen LogP contribution in [0.15, 0.2) is 0 Å². The van der Waals surface area contributed by atoms with E-state index in [0.717, 1.165) is 0 Å². The van der Waals surface area contributed by atoms with Gasteiger partial charge in [0.25, 0.3) is 0 Å². The Balaban J connectivity index is 3.54. The average molecular weight is 215 g/mol. The molecule has 0 aromatic carbocycles. The van der Waals surface area contributed by atoms with Gasteiger partial charge < -0.3 is 16.0 Å². The average Bonchev–Trinajstić information content (AvgIpc) is 2.13. The highest BCUT2D eigenvalue weighted by atomic mass is 16.2. The lowest BCUT2D eigenvalue weighted by Gasteiger charge is -2.19. The molecule has 5 heteroatoms. The van der Waals surface area contributed by atoms with Crippen molar-refractivity contribution in [3.05, 3.63) is 0 Å². The summed E-state index contributed by atoms with van der Waals surface area (Å²) in [5.74, 6) is -0.159. The van der Waals surface area contributed by atoms with Crippen LogP contribution in [-0.4, -0.2) is 37.5 Å². The van der Waals surface area contributed by atoms with Gasteiger partial charge in [0.2, 0.25) is 11.8 Å². The molecule has 0 rings (SSSR count). The highest BCUT2D eigenvalue weighted by Gasteiger charge is 2.10. The molecular weight excluding hydrogens is 194 g/mol. The maximum Gasteiger partial charge on any atom is 0.233 e. The Labute approximate surface area is 91.0 Å². The van der Waals surface area contributed by atoms with Crippen LogP contribution >= 0.6 is 0 Å². The van der Waals surface area contributed by atoms with E-state index in [0.29, 0.717) is 13.0 Å². The van der Waals surface area contributed by atoms with Crippen LogP contribution in [-0.2, 0) is 9.59 Å². The van der Waals surface area contributed by atoms with Gasteiger partial charge in [-0.1, -0.05) is 0 Å². The van der Waals surface area contributed by atoms with Gasteiger partial charge in [0.15, 0.2) is 0 Å². The van der Waals surface area contributed by atoms with Gasteiger partial charge in [-0.3, -0.25) is 9.59 Å². The van der Waals surface area contributed by atoms with Gasteiger partial charge in [-0.15, -0.1) is 0 Å². The highest BCUT2D eigenvalue weighted by molar-refractivity contribution is 5.80. The molecule has 0 atom stereocenters. The summed E-state index contributed by atoms with van der Waals surface area (Å²) >= 11 is 0. The van der Waals surface area contributed by atoms with Crippen LogP contribution < -0.4 is 16.0 Å². The minimum atomic E-state index is -0.0890. The molecule has 0 heterocycles. The second-order valence-corrected chi connectivity index (χ2v) is 4.38. The third-order valence-corrected chi connectivity index (χ3v) is 1.73. The largest absolute Gasteiger partial charge is 0.359 e. The zero-order valence-corrected chi connectivity index (χ0v) is 9.94. The lowest BCUT2D eigenvalue weighted by Crippen LogP contribution is -2.43. The van der Waals surface area contributed by atoms with E-state index in [9.17, 15) is 9.59 Å². The molecule has 88 valence electrons. The van der Waals surface area contributed by atoms with Crippen LogP contribution in [0.25, 0.3) is 0 Å². The molecule has 15 heavy (non-hydrogen) atoms. The number of nitrogens with one attached hydrogen (secondary N) is 3. The Bertz CT molecular complexity index is 221. The van der Waals surface area contributed by atoms with E-state index in [1.54, 1.807) is 7.05 Å². The normalized spacial score (nSPS) is 10.9. The summed E-state index contributed by atoms with van der Waals surface area (Å²) in [7, 11) is 1.57. The fourth-order valence-electron chi connectivity index (χ4n) is 0.848. The van der Waals surface area contributed by atoms with Crippen LogP contribution in [0.1, 0.15) is 27.2 Å². The fraction of sp³-hybridized carbons (Fsp3) is 0.800. The topological polar surface area (TPSA) is 70.2 Å². The predicted octanol–water partition coefficient (Wildman–Crippen LogP) is -0.373. The molecule has 0 aliphatic rings. The first kappa shape index (κ1) is 13.9. The lowest BCUT2D eigenvalue weighted by atomic mass is 10.1. The second-order valence-electron chi connectivity index (χ2n) is 4.38. The summed E-state index contributed by atoms with van der Waals surface area (Å²) in [6.07, 6.45) is 0.317. The Morgan fingerprint density at radius 2 is 1.73 bits per heavy atom. The molecular formula is C10H21N3O2. The van der Waals surface area contributed by atoms with Gasteiger partial charge in [-0.25, -0.2) is 0 Å². The van der Waals surface area contributed by atoms with E-state index >= 15 is 0 Å². The molecule has 0 aliphatic carbocycles. The molecule has 0 saturated carbocycles. The van der Waals surface area contributed by atoms with E-state index in [-0.39, 0.29) is 23.9 Å². The number of hydrogen-bond acceptors (Lipinski definition) is 3. The molecule has 0 bridgehead atoms. The Hall–Kier alpha value is -1.10. The summed E-state index contributed by atoms with van der Waals surface area (Å²) in [6, 6.07) is 0. The van der Waals surface area contributed by atoms with Gasteiger partial charge in [0.05, 0.1) is 6.54 Å². The number of carbonyl (C=O) groups is 2. The monoisotopic (exact) mass is 215 g/mol. The SMILES string of the molecule is CNC(=O)CCNC(=O)CNC(C)(C)C. The quantitative estimate of drug-likeness (QED) is 0.586. The van der Waals surface area contributed by atoms with Crippen molar-refractivity contribution in [3.63, 3.8) is 0 Å².